The van der Waals surface area contributed by atoms with Gasteiger partial charge in [0.2, 0.25) is 5.91 Å². The molecule has 3 rings (SSSR count). The molecule has 0 aromatic heterocycles. The second kappa shape index (κ2) is 8.64. The minimum Gasteiger partial charge on any atom is -0.354 e. The van der Waals surface area contributed by atoms with Crippen molar-refractivity contribution in [1.29, 1.82) is 0 Å². The standard InChI is InChI=1S/C22H21NO3S/c24-22(16-18-10-4-1-5-11-18)23-17-21(19-12-6-2-7-13-19)27(25,26)20-14-8-3-9-15-20/h1-15,21H,16-17H2,(H,23,24)/t21-/m0/s1. The summed E-state index contributed by atoms with van der Waals surface area (Å²) in [5.74, 6) is -0.203. The SMILES string of the molecule is O=C(Cc1ccccc1)NC[C@@H](c1ccccc1)S(=O)(=O)c1ccccc1. The molecule has 1 atom stereocenters. The van der Waals surface area contributed by atoms with Crippen LogP contribution in [0.4, 0.5) is 0 Å². The van der Waals surface area contributed by atoms with Gasteiger partial charge in [0.1, 0.15) is 5.25 Å². The topological polar surface area (TPSA) is 63.2 Å². The molecule has 0 aliphatic carbocycles. The highest BCUT2D eigenvalue weighted by atomic mass is 32.2. The van der Waals surface area contributed by atoms with Gasteiger partial charge in [-0.25, -0.2) is 8.42 Å². The summed E-state index contributed by atoms with van der Waals surface area (Å²) in [6.07, 6.45) is 0.216. The molecule has 27 heavy (non-hydrogen) atoms. The molecule has 3 aromatic rings. The molecule has 0 aliphatic heterocycles. The van der Waals surface area contributed by atoms with Crippen LogP contribution >= 0.6 is 0 Å². The molecule has 0 saturated heterocycles. The van der Waals surface area contributed by atoms with E-state index in [1.54, 1.807) is 54.6 Å². The summed E-state index contributed by atoms with van der Waals surface area (Å²) in [5, 5.41) is 1.94. The van der Waals surface area contributed by atoms with Gasteiger partial charge >= 0.3 is 0 Å². The predicted molar refractivity (Wildman–Crippen MR) is 106 cm³/mol. The van der Waals surface area contributed by atoms with Crippen LogP contribution < -0.4 is 5.32 Å². The van der Waals surface area contributed by atoms with Crippen LogP contribution in [-0.2, 0) is 21.1 Å². The number of benzene rings is 3. The van der Waals surface area contributed by atoms with Gasteiger partial charge in [0.05, 0.1) is 11.3 Å². The van der Waals surface area contributed by atoms with E-state index in [0.29, 0.717) is 5.56 Å². The summed E-state index contributed by atoms with van der Waals surface area (Å²) in [5.41, 5.74) is 1.54. The van der Waals surface area contributed by atoms with Crippen LogP contribution in [0.1, 0.15) is 16.4 Å². The average Bonchev–Trinajstić information content (AvgIpc) is 2.70. The van der Waals surface area contributed by atoms with Crippen molar-refractivity contribution in [1.82, 2.24) is 5.32 Å². The van der Waals surface area contributed by atoms with E-state index in [2.05, 4.69) is 5.32 Å². The molecule has 0 heterocycles. The van der Waals surface area contributed by atoms with E-state index >= 15 is 0 Å². The smallest absolute Gasteiger partial charge is 0.224 e. The van der Waals surface area contributed by atoms with Crippen molar-refractivity contribution in [3.63, 3.8) is 0 Å². The third-order valence-corrected chi connectivity index (χ3v) is 6.43. The van der Waals surface area contributed by atoms with E-state index in [9.17, 15) is 13.2 Å². The van der Waals surface area contributed by atoms with E-state index in [1.165, 1.54) is 0 Å². The molecule has 0 radical (unpaired) electrons. The van der Waals surface area contributed by atoms with Crippen LogP contribution in [0, 0.1) is 0 Å². The Labute approximate surface area is 159 Å². The van der Waals surface area contributed by atoms with E-state index in [1.807, 2.05) is 36.4 Å². The third-order valence-electron chi connectivity index (χ3n) is 4.31. The maximum atomic E-state index is 13.2. The molecule has 3 aromatic carbocycles. The summed E-state index contributed by atoms with van der Waals surface area (Å²) in [6, 6.07) is 26.7. The Morgan fingerprint density at radius 1 is 0.778 bits per heavy atom. The highest BCUT2D eigenvalue weighted by molar-refractivity contribution is 7.91. The molecule has 5 heteroatoms. The molecule has 0 saturated carbocycles. The molecule has 0 fully saturated rings. The first kappa shape index (κ1) is 18.9. The van der Waals surface area contributed by atoms with Crippen LogP contribution in [0.25, 0.3) is 0 Å². The second-order valence-electron chi connectivity index (χ2n) is 6.22. The quantitative estimate of drug-likeness (QED) is 0.683. The minimum absolute atomic E-state index is 0.0207. The fourth-order valence-corrected chi connectivity index (χ4v) is 4.58. The van der Waals surface area contributed by atoms with Crippen molar-refractivity contribution in [2.24, 2.45) is 0 Å². The zero-order valence-electron chi connectivity index (χ0n) is 14.8. The Balaban J connectivity index is 1.80. The molecule has 138 valence electrons. The van der Waals surface area contributed by atoms with Crippen molar-refractivity contribution < 1.29 is 13.2 Å². The first-order valence-corrected chi connectivity index (χ1v) is 10.3. The maximum absolute atomic E-state index is 13.2. The van der Waals surface area contributed by atoms with Crippen molar-refractivity contribution in [3.05, 3.63) is 102 Å². The Bertz CT molecular complexity index is 972. The zero-order valence-corrected chi connectivity index (χ0v) is 15.6. The van der Waals surface area contributed by atoms with Gasteiger partial charge in [0.25, 0.3) is 0 Å². The number of carbonyl (C=O) groups is 1. The first-order valence-electron chi connectivity index (χ1n) is 8.72. The Morgan fingerprint density at radius 2 is 1.30 bits per heavy atom. The summed E-state index contributed by atoms with van der Waals surface area (Å²) < 4.78 is 26.3. The number of hydrogen-bond donors (Lipinski definition) is 1. The lowest BCUT2D eigenvalue weighted by Gasteiger charge is -2.19. The summed E-state index contributed by atoms with van der Waals surface area (Å²) in [6.45, 7) is 0.0207. The Morgan fingerprint density at radius 3 is 1.89 bits per heavy atom. The number of rotatable bonds is 7. The number of hydrogen-bond acceptors (Lipinski definition) is 3. The van der Waals surface area contributed by atoms with Crippen LogP contribution in [-0.4, -0.2) is 20.9 Å². The summed E-state index contributed by atoms with van der Waals surface area (Å²) in [7, 11) is -3.64. The average molecular weight is 379 g/mol. The zero-order chi connectivity index (χ0) is 19.1. The Hall–Kier alpha value is -2.92. The van der Waals surface area contributed by atoms with E-state index < -0.39 is 15.1 Å². The monoisotopic (exact) mass is 379 g/mol. The third kappa shape index (κ3) is 4.83. The van der Waals surface area contributed by atoms with Gasteiger partial charge < -0.3 is 5.32 Å². The van der Waals surface area contributed by atoms with Crippen molar-refractivity contribution in [2.75, 3.05) is 6.54 Å². The van der Waals surface area contributed by atoms with Gasteiger partial charge in [-0.3, -0.25) is 4.79 Å². The van der Waals surface area contributed by atoms with Crippen LogP contribution in [0.3, 0.4) is 0 Å². The lowest BCUT2D eigenvalue weighted by atomic mass is 10.1. The fourth-order valence-electron chi connectivity index (χ4n) is 2.90. The highest BCUT2D eigenvalue weighted by Crippen LogP contribution is 2.28. The van der Waals surface area contributed by atoms with Crippen molar-refractivity contribution in [3.8, 4) is 0 Å². The molecule has 1 N–H and O–H groups in total. The van der Waals surface area contributed by atoms with E-state index in [-0.39, 0.29) is 23.8 Å². The number of sulfone groups is 1. The molecule has 0 aliphatic rings. The molecular formula is C22H21NO3S. The van der Waals surface area contributed by atoms with Crippen LogP contribution in [0.5, 0.6) is 0 Å². The minimum atomic E-state index is -3.64. The fraction of sp³-hybridized carbons (Fsp3) is 0.136. The molecule has 0 bridgehead atoms. The molecule has 1 amide bonds. The van der Waals surface area contributed by atoms with Gasteiger partial charge in [-0.05, 0) is 23.3 Å². The maximum Gasteiger partial charge on any atom is 0.224 e. The molecular weight excluding hydrogens is 358 g/mol. The molecule has 4 nitrogen and oxygen atoms in total. The Kier molecular flexibility index (Phi) is 6.04. The predicted octanol–water partition coefficient (Wildman–Crippen LogP) is 3.56. The lowest BCUT2D eigenvalue weighted by molar-refractivity contribution is -0.120. The van der Waals surface area contributed by atoms with Gasteiger partial charge in [-0.1, -0.05) is 78.9 Å². The normalized spacial score (nSPS) is 12.3. The van der Waals surface area contributed by atoms with Gasteiger partial charge in [0, 0.05) is 6.54 Å². The lowest BCUT2D eigenvalue weighted by Crippen LogP contribution is -2.32. The van der Waals surface area contributed by atoms with Gasteiger partial charge in [-0.2, -0.15) is 0 Å². The first-order chi connectivity index (χ1) is 13.1. The number of amides is 1. The molecule has 0 unspecified atom stereocenters. The van der Waals surface area contributed by atoms with Gasteiger partial charge in [0.15, 0.2) is 9.84 Å². The van der Waals surface area contributed by atoms with Crippen molar-refractivity contribution in [2.45, 2.75) is 16.6 Å². The van der Waals surface area contributed by atoms with Crippen LogP contribution in [0.2, 0.25) is 0 Å². The number of carbonyl (C=O) groups excluding carboxylic acids is 1. The number of nitrogens with one attached hydrogen (secondary N) is 1. The van der Waals surface area contributed by atoms with E-state index in [4.69, 9.17) is 0 Å². The van der Waals surface area contributed by atoms with Crippen molar-refractivity contribution >= 4 is 15.7 Å². The molecule has 0 spiro atoms. The summed E-state index contributed by atoms with van der Waals surface area (Å²) >= 11 is 0. The largest absolute Gasteiger partial charge is 0.354 e. The van der Waals surface area contributed by atoms with E-state index in [0.717, 1.165) is 5.56 Å². The van der Waals surface area contributed by atoms with Crippen LogP contribution in [0.15, 0.2) is 95.9 Å². The summed E-state index contributed by atoms with van der Waals surface area (Å²) in [4.78, 5) is 12.6. The second-order valence-corrected chi connectivity index (χ2v) is 8.35. The highest BCUT2D eigenvalue weighted by Gasteiger charge is 2.29. The van der Waals surface area contributed by atoms with Gasteiger partial charge in [-0.15, -0.1) is 0 Å².